The average molecular weight is 461 g/mol. The molecule has 5 aromatic heterocycles. The minimum atomic E-state index is -0.532. The number of aromatic nitrogens is 7. The van der Waals surface area contributed by atoms with E-state index in [4.69, 9.17) is 16.0 Å². The van der Waals surface area contributed by atoms with Crippen LogP contribution in [-0.4, -0.2) is 52.1 Å². The van der Waals surface area contributed by atoms with E-state index < -0.39 is 11.9 Å². The van der Waals surface area contributed by atoms with Gasteiger partial charge in [-0.2, -0.15) is 5.10 Å². The molecule has 1 atom stereocenters. The Balaban J connectivity index is 1.40. The summed E-state index contributed by atoms with van der Waals surface area (Å²) in [7, 11) is 0. The van der Waals surface area contributed by atoms with Crippen molar-refractivity contribution in [3.8, 4) is 11.6 Å². The summed E-state index contributed by atoms with van der Waals surface area (Å²) in [5.74, 6) is -0.321. The Hall–Kier alpha value is -4.05. The van der Waals surface area contributed by atoms with Gasteiger partial charge >= 0.3 is 11.8 Å². The zero-order chi connectivity index (χ0) is 22.5. The van der Waals surface area contributed by atoms with Gasteiger partial charge in [-0.25, -0.2) is 14.5 Å². The van der Waals surface area contributed by atoms with Crippen molar-refractivity contribution in [3.05, 3.63) is 82.6 Å². The Kier molecular flexibility index (Phi) is 4.47. The highest BCUT2D eigenvalue weighted by atomic mass is 35.5. The molecule has 5 aromatic rings. The number of imidazole rings is 1. The molecule has 1 aliphatic rings. The molecule has 0 bridgehead atoms. The summed E-state index contributed by atoms with van der Waals surface area (Å²) in [5.41, 5.74) is 4.48. The predicted molar refractivity (Wildman–Crippen MR) is 118 cm³/mol. The van der Waals surface area contributed by atoms with Gasteiger partial charge in [-0.05, 0) is 37.3 Å². The highest BCUT2D eigenvalue weighted by Crippen LogP contribution is 2.34. The SMILES string of the molecule is Cc1cccc(-c2nnc(C(=O)N3CCc4[nH]cnc4C3c3cc4cccc(Cl)n4n3)o2)n1. The lowest BCUT2D eigenvalue weighted by Gasteiger charge is -2.32. The van der Waals surface area contributed by atoms with Crippen LogP contribution in [0.1, 0.15) is 39.5 Å². The van der Waals surface area contributed by atoms with Crippen molar-refractivity contribution in [1.29, 1.82) is 0 Å². The number of carbonyl (C=O) groups excluding carboxylic acids is 1. The molecule has 33 heavy (non-hydrogen) atoms. The van der Waals surface area contributed by atoms with E-state index in [2.05, 4.69) is 30.2 Å². The number of nitrogens with one attached hydrogen (secondary N) is 1. The van der Waals surface area contributed by atoms with Crippen molar-refractivity contribution >= 4 is 23.0 Å². The maximum Gasteiger partial charge on any atom is 0.312 e. The molecule has 0 aliphatic carbocycles. The van der Waals surface area contributed by atoms with E-state index in [1.165, 1.54) is 0 Å². The second-order valence-corrected chi connectivity index (χ2v) is 8.14. The Morgan fingerprint density at radius 2 is 2.09 bits per heavy atom. The number of fused-ring (bicyclic) bond motifs is 2. The Labute approximate surface area is 192 Å². The maximum atomic E-state index is 13.5. The lowest BCUT2D eigenvalue weighted by Crippen LogP contribution is -2.41. The molecular weight excluding hydrogens is 444 g/mol. The molecule has 11 heteroatoms. The van der Waals surface area contributed by atoms with E-state index >= 15 is 0 Å². The van der Waals surface area contributed by atoms with Crippen molar-refractivity contribution in [1.82, 2.24) is 39.7 Å². The number of hydrogen-bond donors (Lipinski definition) is 1. The summed E-state index contributed by atoms with van der Waals surface area (Å²) in [6, 6.07) is 12.4. The van der Waals surface area contributed by atoms with Crippen LogP contribution in [0.25, 0.3) is 17.1 Å². The van der Waals surface area contributed by atoms with Crippen LogP contribution in [-0.2, 0) is 6.42 Å². The monoisotopic (exact) mass is 460 g/mol. The zero-order valence-corrected chi connectivity index (χ0v) is 18.2. The van der Waals surface area contributed by atoms with Gasteiger partial charge in [-0.3, -0.25) is 4.79 Å². The molecule has 1 aliphatic heterocycles. The Morgan fingerprint density at radius 3 is 2.94 bits per heavy atom. The molecule has 0 radical (unpaired) electrons. The molecule has 0 spiro atoms. The van der Waals surface area contributed by atoms with Gasteiger partial charge in [-0.1, -0.05) is 23.7 Å². The van der Waals surface area contributed by atoms with Crippen LogP contribution in [0.5, 0.6) is 0 Å². The summed E-state index contributed by atoms with van der Waals surface area (Å²) in [5, 5.41) is 13.2. The topological polar surface area (TPSA) is 118 Å². The summed E-state index contributed by atoms with van der Waals surface area (Å²) in [6.45, 7) is 2.30. The first-order valence-electron chi connectivity index (χ1n) is 10.3. The van der Waals surface area contributed by atoms with Gasteiger partial charge in [0.15, 0.2) is 0 Å². The highest BCUT2D eigenvalue weighted by molar-refractivity contribution is 6.29. The van der Waals surface area contributed by atoms with Gasteiger partial charge in [0.2, 0.25) is 0 Å². The van der Waals surface area contributed by atoms with Crippen molar-refractivity contribution in [2.75, 3.05) is 6.54 Å². The van der Waals surface area contributed by atoms with Crippen LogP contribution in [0.4, 0.5) is 0 Å². The van der Waals surface area contributed by atoms with Crippen molar-refractivity contribution in [2.45, 2.75) is 19.4 Å². The normalized spacial score (nSPS) is 15.7. The average Bonchev–Trinajstić information content (AvgIpc) is 3.57. The third-order valence-corrected chi connectivity index (χ3v) is 5.93. The first-order valence-corrected chi connectivity index (χ1v) is 10.7. The molecule has 1 N–H and O–H groups in total. The molecule has 0 fully saturated rings. The van der Waals surface area contributed by atoms with Gasteiger partial charge in [0.05, 0.1) is 23.2 Å². The number of pyridine rings is 2. The van der Waals surface area contributed by atoms with Crippen LogP contribution in [0.15, 0.2) is 53.2 Å². The fraction of sp³-hybridized carbons (Fsp3) is 0.182. The van der Waals surface area contributed by atoms with Crippen molar-refractivity contribution in [3.63, 3.8) is 0 Å². The van der Waals surface area contributed by atoms with Crippen molar-refractivity contribution < 1.29 is 9.21 Å². The third kappa shape index (κ3) is 3.26. The van der Waals surface area contributed by atoms with E-state index in [0.717, 1.165) is 22.6 Å². The lowest BCUT2D eigenvalue weighted by atomic mass is 9.99. The number of rotatable bonds is 3. The third-order valence-electron chi connectivity index (χ3n) is 5.64. The number of halogens is 1. The lowest BCUT2D eigenvalue weighted by molar-refractivity contribution is 0.0646. The number of nitrogens with zero attached hydrogens (tertiary/aromatic N) is 7. The predicted octanol–water partition coefficient (Wildman–Crippen LogP) is 3.25. The number of aryl methyl sites for hydroxylation is 1. The largest absolute Gasteiger partial charge is 0.411 e. The van der Waals surface area contributed by atoms with E-state index in [0.29, 0.717) is 29.5 Å². The van der Waals surface area contributed by atoms with E-state index in [1.54, 1.807) is 27.9 Å². The first kappa shape index (κ1) is 19.6. The van der Waals surface area contributed by atoms with Crippen LogP contribution in [0.3, 0.4) is 0 Å². The maximum absolute atomic E-state index is 13.5. The molecule has 1 unspecified atom stereocenters. The Morgan fingerprint density at radius 1 is 1.21 bits per heavy atom. The molecule has 164 valence electrons. The fourth-order valence-corrected chi connectivity index (χ4v) is 4.34. The van der Waals surface area contributed by atoms with Gasteiger partial charge in [0.1, 0.15) is 16.9 Å². The summed E-state index contributed by atoms with van der Waals surface area (Å²) in [4.78, 5) is 27.2. The molecule has 0 saturated heterocycles. The molecule has 6 heterocycles. The number of aromatic amines is 1. The molecule has 0 aromatic carbocycles. The van der Waals surface area contributed by atoms with Crippen LogP contribution in [0, 0.1) is 6.92 Å². The minimum Gasteiger partial charge on any atom is -0.411 e. The van der Waals surface area contributed by atoms with Crippen LogP contribution >= 0.6 is 11.6 Å². The highest BCUT2D eigenvalue weighted by Gasteiger charge is 2.38. The summed E-state index contributed by atoms with van der Waals surface area (Å²) in [6.07, 6.45) is 2.24. The minimum absolute atomic E-state index is 0.112. The molecular formula is C22H17ClN8O2. The standard InChI is InChI=1S/C22H17ClN8O2/c1-12-4-2-6-15(26-12)20-27-28-21(33-20)22(32)30-9-8-14-18(25-11-24-14)19(30)16-10-13-5-3-7-17(23)31(13)29-16/h2-7,10-11,19H,8-9H2,1H3,(H,24,25). The van der Waals surface area contributed by atoms with E-state index in [1.807, 2.05) is 37.3 Å². The second kappa shape index (κ2) is 7.52. The molecule has 6 rings (SSSR count). The smallest absolute Gasteiger partial charge is 0.312 e. The number of H-pyrrole nitrogens is 1. The fourth-order valence-electron chi connectivity index (χ4n) is 4.13. The molecule has 10 nitrogen and oxygen atoms in total. The zero-order valence-electron chi connectivity index (χ0n) is 17.4. The van der Waals surface area contributed by atoms with Crippen molar-refractivity contribution in [2.24, 2.45) is 0 Å². The van der Waals surface area contributed by atoms with Gasteiger partial charge in [0.25, 0.3) is 5.89 Å². The van der Waals surface area contributed by atoms with Gasteiger partial charge in [-0.15, -0.1) is 10.2 Å². The Bertz CT molecular complexity index is 1500. The first-order chi connectivity index (χ1) is 16.1. The number of hydrogen-bond acceptors (Lipinski definition) is 7. The molecule has 1 amide bonds. The quantitative estimate of drug-likeness (QED) is 0.410. The van der Waals surface area contributed by atoms with E-state index in [-0.39, 0.29) is 11.8 Å². The summed E-state index contributed by atoms with van der Waals surface area (Å²) >= 11 is 6.31. The van der Waals surface area contributed by atoms with Crippen LogP contribution in [0.2, 0.25) is 5.15 Å². The number of carbonyl (C=O) groups is 1. The van der Waals surface area contributed by atoms with E-state index in [9.17, 15) is 4.79 Å². The second-order valence-electron chi connectivity index (χ2n) is 7.75. The van der Waals surface area contributed by atoms with Gasteiger partial charge in [0, 0.05) is 24.4 Å². The van der Waals surface area contributed by atoms with Crippen LogP contribution < -0.4 is 0 Å². The summed E-state index contributed by atoms with van der Waals surface area (Å²) < 4.78 is 7.35. The number of amides is 1. The van der Waals surface area contributed by atoms with Gasteiger partial charge < -0.3 is 14.3 Å². The molecule has 0 saturated carbocycles.